The third-order valence-electron chi connectivity index (χ3n) is 5.89. The second-order valence-electron chi connectivity index (χ2n) is 7.64. The van der Waals surface area contributed by atoms with Crippen LogP contribution in [0, 0.1) is 0 Å². The van der Waals surface area contributed by atoms with E-state index >= 15 is 0 Å². The summed E-state index contributed by atoms with van der Waals surface area (Å²) in [5, 5.41) is 3.18. The highest BCUT2D eigenvalue weighted by atomic mass is 35.5. The van der Waals surface area contributed by atoms with Gasteiger partial charge in [-0.25, -0.2) is 0 Å². The fraction of sp³-hybridized carbons (Fsp3) is 0.650. The first kappa shape index (κ1) is 21.2. The molecule has 1 aliphatic heterocycles. The number of rotatable bonds is 5. The molecule has 3 N–H and O–H groups in total. The van der Waals surface area contributed by atoms with Crippen LogP contribution in [-0.4, -0.2) is 49.2 Å². The minimum atomic E-state index is -1.01. The quantitative estimate of drug-likeness (QED) is 0.822. The largest absolute Gasteiger partial charge is 0.379 e. The number of carbonyl (C=O) groups is 1. The summed E-state index contributed by atoms with van der Waals surface area (Å²) in [6, 6.07) is 9.61. The molecule has 2 aliphatic rings. The minimum absolute atomic E-state index is 0. The van der Waals surface area contributed by atoms with E-state index in [9.17, 15) is 4.79 Å². The lowest BCUT2D eigenvalue weighted by Crippen LogP contribution is -2.61. The monoisotopic (exact) mass is 381 g/mol. The van der Waals surface area contributed by atoms with Crippen molar-refractivity contribution in [3.8, 4) is 0 Å². The van der Waals surface area contributed by atoms with Crippen LogP contribution in [0.3, 0.4) is 0 Å². The maximum atomic E-state index is 12.9. The Morgan fingerprint density at radius 3 is 2.42 bits per heavy atom. The van der Waals surface area contributed by atoms with E-state index in [1.54, 1.807) is 6.92 Å². The van der Waals surface area contributed by atoms with Crippen LogP contribution >= 0.6 is 12.4 Å². The fourth-order valence-electron chi connectivity index (χ4n) is 4.20. The molecular weight excluding hydrogens is 350 g/mol. The minimum Gasteiger partial charge on any atom is -0.379 e. The number of carbonyl (C=O) groups excluding carboxylic acids is 1. The Morgan fingerprint density at radius 2 is 1.81 bits per heavy atom. The molecule has 1 unspecified atom stereocenters. The van der Waals surface area contributed by atoms with E-state index in [-0.39, 0.29) is 23.9 Å². The van der Waals surface area contributed by atoms with E-state index in [0.29, 0.717) is 6.54 Å². The molecule has 1 amide bonds. The molecule has 1 saturated heterocycles. The van der Waals surface area contributed by atoms with E-state index in [1.165, 1.54) is 19.3 Å². The van der Waals surface area contributed by atoms with Gasteiger partial charge in [0.15, 0.2) is 0 Å². The predicted octanol–water partition coefficient (Wildman–Crippen LogP) is 2.43. The first-order valence-electron chi connectivity index (χ1n) is 9.50. The highest BCUT2D eigenvalue weighted by Crippen LogP contribution is 2.34. The smallest absolute Gasteiger partial charge is 0.244 e. The molecule has 1 aliphatic carbocycles. The topological polar surface area (TPSA) is 67.6 Å². The van der Waals surface area contributed by atoms with Crippen LogP contribution in [0.4, 0.5) is 0 Å². The van der Waals surface area contributed by atoms with Gasteiger partial charge in [0.1, 0.15) is 5.54 Å². The number of nitrogens with one attached hydrogen (secondary N) is 1. The first-order valence-corrected chi connectivity index (χ1v) is 9.50. The van der Waals surface area contributed by atoms with Crippen LogP contribution in [0.2, 0.25) is 0 Å². The number of morpholine rings is 1. The molecule has 26 heavy (non-hydrogen) atoms. The van der Waals surface area contributed by atoms with Gasteiger partial charge in [-0.05, 0) is 25.3 Å². The van der Waals surface area contributed by atoms with Gasteiger partial charge < -0.3 is 15.8 Å². The zero-order valence-corrected chi connectivity index (χ0v) is 16.5. The van der Waals surface area contributed by atoms with E-state index in [2.05, 4.69) is 10.2 Å². The molecule has 1 atom stereocenters. The van der Waals surface area contributed by atoms with Gasteiger partial charge in [-0.1, -0.05) is 49.6 Å². The Kier molecular flexibility index (Phi) is 7.47. The lowest BCUT2D eigenvalue weighted by molar-refractivity contribution is -0.127. The molecule has 2 fully saturated rings. The van der Waals surface area contributed by atoms with E-state index < -0.39 is 5.54 Å². The number of hydrogen-bond donors (Lipinski definition) is 2. The van der Waals surface area contributed by atoms with Crippen molar-refractivity contribution < 1.29 is 9.53 Å². The molecule has 1 heterocycles. The van der Waals surface area contributed by atoms with Crippen LogP contribution in [-0.2, 0) is 15.1 Å². The Bertz CT molecular complexity index is 568. The number of hydrogen-bond acceptors (Lipinski definition) is 4. The summed E-state index contributed by atoms with van der Waals surface area (Å²) in [5.74, 6) is -0.100. The molecule has 146 valence electrons. The molecule has 6 heteroatoms. The summed E-state index contributed by atoms with van der Waals surface area (Å²) in [7, 11) is 0. The summed E-state index contributed by atoms with van der Waals surface area (Å²) in [5.41, 5.74) is 6.27. The second kappa shape index (κ2) is 9.18. The summed E-state index contributed by atoms with van der Waals surface area (Å²) in [6.07, 6.45) is 6.02. The zero-order chi connectivity index (χ0) is 17.8. The van der Waals surface area contributed by atoms with Gasteiger partial charge in [0.2, 0.25) is 5.91 Å². The molecule has 5 nitrogen and oxygen atoms in total. The normalized spacial score (nSPS) is 22.7. The SMILES string of the molecule is CC(N)(C(=O)NCC1(N2CCOCC2)CCCCC1)c1ccccc1.Cl. The second-order valence-corrected chi connectivity index (χ2v) is 7.64. The van der Waals surface area contributed by atoms with Crippen LogP contribution in [0.1, 0.15) is 44.6 Å². The lowest BCUT2D eigenvalue weighted by Gasteiger charge is -2.48. The highest BCUT2D eigenvalue weighted by Gasteiger charge is 2.40. The molecule has 1 saturated carbocycles. The van der Waals surface area contributed by atoms with Crippen molar-refractivity contribution in [2.75, 3.05) is 32.8 Å². The summed E-state index contributed by atoms with van der Waals surface area (Å²) in [6.45, 7) is 5.94. The Morgan fingerprint density at radius 1 is 1.19 bits per heavy atom. The number of ether oxygens (including phenoxy) is 1. The molecule has 0 radical (unpaired) electrons. The van der Waals surface area contributed by atoms with Gasteiger partial charge in [-0.3, -0.25) is 9.69 Å². The molecule has 3 rings (SSSR count). The molecule has 1 aromatic carbocycles. The van der Waals surface area contributed by atoms with E-state index in [0.717, 1.165) is 44.7 Å². The predicted molar refractivity (Wildman–Crippen MR) is 106 cm³/mol. The first-order chi connectivity index (χ1) is 12.0. The highest BCUT2D eigenvalue weighted by molar-refractivity contribution is 5.87. The van der Waals surface area contributed by atoms with Crippen molar-refractivity contribution in [1.29, 1.82) is 0 Å². The van der Waals surface area contributed by atoms with Crippen LogP contribution in [0.15, 0.2) is 30.3 Å². The zero-order valence-electron chi connectivity index (χ0n) is 15.7. The average molecular weight is 382 g/mol. The Balaban J connectivity index is 0.00000243. The van der Waals surface area contributed by atoms with Crippen molar-refractivity contribution in [2.24, 2.45) is 5.73 Å². The molecule has 0 spiro atoms. The maximum Gasteiger partial charge on any atom is 0.244 e. The third kappa shape index (κ3) is 4.58. The van der Waals surface area contributed by atoms with Crippen molar-refractivity contribution in [3.05, 3.63) is 35.9 Å². The van der Waals surface area contributed by atoms with Crippen LogP contribution in [0.5, 0.6) is 0 Å². The molecule has 1 aromatic rings. The van der Waals surface area contributed by atoms with Gasteiger partial charge >= 0.3 is 0 Å². The Hall–Kier alpha value is -1.14. The number of nitrogens with zero attached hydrogens (tertiary/aromatic N) is 1. The van der Waals surface area contributed by atoms with Gasteiger partial charge in [-0.2, -0.15) is 0 Å². The molecule has 0 bridgehead atoms. The Labute approximate surface area is 163 Å². The van der Waals surface area contributed by atoms with Crippen LogP contribution < -0.4 is 11.1 Å². The summed E-state index contributed by atoms with van der Waals surface area (Å²) < 4.78 is 5.52. The lowest BCUT2D eigenvalue weighted by atomic mass is 9.79. The van der Waals surface area contributed by atoms with Crippen molar-refractivity contribution in [2.45, 2.75) is 50.1 Å². The van der Waals surface area contributed by atoms with Gasteiger partial charge in [0, 0.05) is 25.2 Å². The number of benzene rings is 1. The summed E-state index contributed by atoms with van der Waals surface area (Å²) in [4.78, 5) is 15.4. The van der Waals surface area contributed by atoms with Gasteiger partial charge in [0.05, 0.1) is 13.2 Å². The maximum absolute atomic E-state index is 12.9. The van der Waals surface area contributed by atoms with Gasteiger partial charge in [0.25, 0.3) is 0 Å². The third-order valence-corrected chi connectivity index (χ3v) is 5.89. The average Bonchev–Trinajstić information content (AvgIpc) is 2.68. The standard InChI is InChI=1S/C20H31N3O2.ClH/c1-19(21,17-8-4-2-5-9-17)18(24)22-16-20(10-6-3-7-11-20)23-12-14-25-15-13-23;/h2,4-5,8-9H,3,6-7,10-16,21H2,1H3,(H,22,24);1H. The van der Waals surface area contributed by atoms with Crippen molar-refractivity contribution in [3.63, 3.8) is 0 Å². The van der Waals surface area contributed by atoms with Gasteiger partial charge in [-0.15, -0.1) is 12.4 Å². The fourth-order valence-corrected chi connectivity index (χ4v) is 4.20. The van der Waals surface area contributed by atoms with E-state index in [4.69, 9.17) is 10.5 Å². The van der Waals surface area contributed by atoms with E-state index in [1.807, 2.05) is 30.3 Å². The summed E-state index contributed by atoms with van der Waals surface area (Å²) >= 11 is 0. The number of nitrogens with two attached hydrogens (primary N) is 1. The van der Waals surface area contributed by atoms with Crippen LogP contribution in [0.25, 0.3) is 0 Å². The van der Waals surface area contributed by atoms with Crippen molar-refractivity contribution in [1.82, 2.24) is 10.2 Å². The van der Waals surface area contributed by atoms with Crippen molar-refractivity contribution >= 4 is 18.3 Å². The molecule has 0 aromatic heterocycles. The number of amides is 1. The number of halogens is 1. The molecular formula is C20H32ClN3O2.